The van der Waals surface area contributed by atoms with Crippen molar-refractivity contribution in [3.05, 3.63) is 0 Å². The molecule has 0 aliphatic carbocycles. The highest BCUT2D eigenvalue weighted by atomic mass is 16.6. The smallest absolute Gasteiger partial charge is 0.411 e. The second kappa shape index (κ2) is 4.30. The second-order valence-corrected chi connectivity index (χ2v) is 2.77. The molecule has 1 saturated heterocycles. The van der Waals surface area contributed by atoms with E-state index in [1.54, 1.807) is 4.90 Å². The van der Waals surface area contributed by atoms with Gasteiger partial charge in [0.1, 0.15) is 0 Å². The van der Waals surface area contributed by atoms with Gasteiger partial charge >= 0.3 is 6.09 Å². The first-order valence-corrected chi connectivity index (χ1v) is 4.46. The van der Waals surface area contributed by atoms with Crippen molar-refractivity contribution < 1.29 is 9.53 Å². The molecular formula is C8H16N2O2. The molecule has 1 rings (SSSR count). The molecule has 1 fully saturated rings. The molecule has 4 heteroatoms. The van der Waals surface area contributed by atoms with Crippen molar-refractivity contribution in [2.75, 3.05) is 19.7 Å². The van der Waals surface area contributed by atoms with Gasteiger partial charge in [-0.15, -0.1) is 0 Å². The molecule has 70 valence electrons. The highest BCUT2D eigenvalue weighted by Gasteiger charge is 2.27. The molecule has 1 aliphatic rings. The summed E-state index contributed by atoms with van der Waals surface area (Å²) in [6.45, 7) is 5.96. The Labute approximate surface area is 72.9 Å². The van der Waals surface area contributed by atoms with Crippen LogP contribution in [-0.2, 0) is 4.74 Å². The molecule has 1 N–H and O–H groups in total. The number of amides is 1. The molecule has 0 bridgehead atoms. The molecule has 4 nitrogen and oxygen atoms in total. The molecule has 1 atom stereocenters. The lowest BCUT2D eigenvalue weighted by atomic mass is 10.4. The zero-order valence-corrected chi connectivity index (χ0v) is 7.67. The van der Waals surface area contributed by atoms with Gasteiger partial charge in [0.15, 0.2) is 0 Å². The zero-order chi connectivity index (χ0) is 8.97. The van der Waals surface area contributed by atoms with E-state index in [9.17, 15) is 4.79 Å². The largest absolute Gasteiger partial charge is 0.450 e. The van der Waals surface area contributed by atoms with Crippen LogP contribution in [0.4, 0.5) is 4.79 Å². The van der Waals surface area contributed by atoms with Crippen LogP contribution in [0.15, 0.2) is 0 Å². The number of nitrogens with zero attached hydrogens (tertiary/aromatic N) is 1. The Morgan fingerprint density at radius 3 is 3.00 bits per heavy atom. The topological polar surface area (TPSA) is 41.6 Å². The Kier molecular flexibility index (Phi) is 3.34. The molecular weight excluding hydrogens is 156 g/mol. The SMILES string of the molecule is CCOC(=O)N1CCNC1CC. The van der Waals surface area contributed by atoms with E-state index >= 15 is 0 Å². The fraction of sp³-hybridized carbons (Fsp3) is 0.875. The third kappa shape index (κ3) is 1.88. The van der Waals surface area contributed by atoms with E-state index in [-0.39, 0.29) is 12.3 Å². The monoisotopic (exact) mass is 172 g/mol. The van der Waals surface area contributed by atoms with E-state index in [4.69, 9.17) is 4.74 Å². The van der Waals surface area contributed by atoms with Crippen molar-refractivity contribution in [1.82, 2.24) is 10.2 Å². The maximum Gasteiger partial charge on any atom is 0.411 e. The van der Waals surface area contributed by atoms with Crippen molar-refractivity contribution in [1.29, 1.82) is 0 Å². The number of carbonyl (C=O) groups is 1. The van der Waals surface area contributed by atoms with E-state index < -0.39 is 0 Å². The van der Waals surface area contributed by atoms with Crippen molar-refractivity contribution in [3.8, 4) is 0 Å². The Hall–Kier alpha value is -0.770. The maximum atomic E-state index is 11.3. The summed E-state index contributed by atoms with van der Waals surface area (Å²) < 4.78 is 4.90. The zero-order valence-electron chi connectivity index (χ0n) is 7.67. The van der Waals surface area contributed by atoms with Crippen molar-refractivity contribution in [2.45, 2.75) is 26.4 Å². The fourth-order valence-electron chi connectivity index (χ4n) is 1.41. The van der Waals surface area contributed by atoms with Crippen molar-refractivity contribution in [3.63, 3.8) is 0 Å². The minimum absolute atomic E-state index is 0.170. The lowest BCUT2D eigenvalue weighted by Gasteiger charge is -2.21. The van der Waals surface area contributed by atoms with Gasteiger partial charge in [0, 0.05) is 13.1 Å². The van der Waals surface area contributed by atoms with Gasteiger partial charge in [-0.25, -0.2) is 4.79 Å². The first-order chi connectivity index (χ1) is 5.79. The summed E-state index contributed by atoms with van der Waals surface area (Å²) in [7, 11) is 0. The number of hydrogen-bond acceptors (Lipinski definition) is 3. The van der Waals surface area contributed by atoms with E-state index in [0.717, 1.165) is 19.5 Å². The third-order valence-corrected chi connectivity index (χ3v) is 2.00. The van der Waals surface area contributed by atoms with E-state index in [2.05, 4.69) is 12.2 Å². The van der Waals surface area contributed by atoms with Crippen LogP contribution >= 0.6 is 0 Å². The molecule has 0 radical (unpaired) electrons. The van der Waals surface area contributed by atoms with Crippen LogP contribution in [0.5, 0.6) is 0 Å². The standard InChI is InChI=1S/C8H16N2O2/c1-3-7-9-5-6-10(7)8(11)12-4-2/h7,9H,3-6H2,1-2H3. The predicted molar refractivity (Wildman–Crippen MR) is 45.8 cm³/mol. The number of rotatable bonds is 2. The number of carbonyl (C=O) groups excluding carboxylic acids is 1. The van der Waals surface area contributed by atoms with Crippen LogP contribution in [0.25, 0.3) is 0 Å². The number of ether oxygens (including phenoxy) is 1. The summed E-state index contributed by atoms with van der Waals surface area (Å²) in [6, 6.07) is 0. The summed E-state index contributed by atoms with van der Waals surface area (Å²) in [5, 5.41) is 3.22. The van der Waals surface area contributed by atoms with Gasteiger partial charge in [-0.2, -0.15) is 0 Å². The van der Waals surface area contributed by atoms with Gasteiger partial charge in [-0.3, -0.25) is 10.2 Å². The maximum absolute atomic E-state index is 11.3. The summed E-state index contributed by atoms with van der Waals surface area (Å²) in [5.74, 6) is 0. The van der Waals surface area contributed by atoms with Gasteiger partial charge in [0.05, 0.1) is 12.8 Å². The van der Waals surface area contributed by atoms with Gasteiger partial charge in [-0.1, -0.05) is 6.92 Å². The van der Waals surface area contributed by atoms with E-state index in [0.29, 0.717) is 6.61 Å². The minimum Gasteiger partial charge on any atom is -0.450 e. The van der Waals surface area contributed by atoms with Crippen LogP contribution < -0.4 is 5.32 Å². The summed E-state index contributed by atoms with van der Waals surface area (Å²) >= 11 is 0. The second-order valence-electron chi connectivity index (χ2n) is 2.77. The molecule has 1 amide bonds. The van der Waals surface area contributed by atoms with Gasteiger partial charge < -0.3 is 4.74 Å². The highest BCUT2D eigenvalue weighted by molar-refractivity contribution is 5.68. The lowest BCUT2D eigenvalue weighted by Crippen LogP contribution is -2.39. The Balaban J connectivity index is 2.43. The van der Waals surface area contributed by atoms with Crippen molar-refractivity contribution in [2.24, 2.45) is 0 Å². The average Bonchev–Trinajstić information content (AvgIpc) is 2.51. The molecule has 0 aromatic rings. The molecule has 12 heavy (non-hydrogen) atoms. The Morgan fingerprint density at radius 2 is 2.42 bits per heavy atom. The van der Waals surface area contributed by atoms with E-state index in [1.807, 2.05) is 6.92 Å². The van der Waals surface area contributed by atoms with Crippen LogP contribution in [0, 0.1) is 0 Å². The van der Waals surface area contributed by atoms with Gasteiger partial charge in [0.25, 0.3) is 0 Å². The van der Waals surface area contributed by atoms with Crippen LogP contribution in [0.3, 0.4) is 0 Å². The highest BCUT2D eigenvalue weighted by Crippen LogP contribution is 2.08. The average molecular weight is 172 g/mol. The van der Waals surface area contributed by atoms with Gasteiger partial charge in [0.2, 0.25) is 0 Å². The van der Waals surface area contributed by atoms with E-state index in [1.165, 1.54) is 0 Å². The Morgan fingerprint density at radius 1 is 1.67 bits per heavy atom. The first-order valence-electron chi connectivity index (χ1n) is 4.46. The molecule has 0 spiro atoms. The fourth-order valence-corrected chi connectivity index (χ4v) is 1.41. The predicted octanol–water partition coefficient (Wildman–Crippen LogP) is 0.784. The summed E-state index contributed by atoms with van der Waals surface area (Å²) in [4.78, 5) is 13.0. The van der Waals surface area contributed by atoms with Crippen LogP contribution in [-0.4, -0.2) is 36.9 Å². The molecule has 0 aromatic heterocycles. The molecule has 0 saturated carbocycles. The molecule has 1 aliphatic heterocycles. The number of hydrogen-bond donors (Lipinski definition) is 1. The van der Waals surface area contributed by atoms with Crippen LogP contribution in [0.2, 0.25) is 0 Å². The first kappa shape index (κ1) is 9.32. The summed E-state index contributed by atoms with van der Waals surface area (Å²) in [5.41, 5.74) is 0. The number of nitrogens with one attached hydrogen (secondary N) is 1. The minimum atomic E-state index is -0.200. The molecule has 1 heterocycles. The quantitative estimate of drug-likeness (QED) is 0.669. The molecule has 0 aromatic carbocycles. The summed E-state index contributed by atoms with van der Waals surface area (Å²) in [6.07, 6.45) is 0.900. The van der Waals surface area contributed by atoms with Gasteiger partial charge in [-0.05, 0) is 13.3 Å². The molecule has 1 unspecified atom stereocenters. The normalized spacial score (nSPS) is 22.8. The van der Waals surface area contributed by atoms with Crippen molar-refractivity contribution >= 4 is 6.09 Å². The lowest BCUT2D eigenvalue weighted by molar-refractivity contribution is 0.100. The Bertz CT molecular complexity index is 161. The third-order valence-electron chi connectivity index (χ3n) is 2.00. The van der Waals surface area contributed by atoms with Crippen LogP contribution in [0.1, 0.15) is 20.3 Å².